The lowest BCUT2D eigenvalue weighted by Gasteiger charge is -2.17. The lowest BCUT2D eigenvalue weighted by atomic mass is 10.0. The van der Waals surface area contributed by atoms with Gasteiger partial charge in [0.2, 0.25) is 5.56 Å². The topological polar surface area (TPSA) is 34.0 Å². The molecule has 100 valence electrons. The van der Waals surface area contributed by atoms with Crippen molar-refractivity contribution in [3.05, 3.63) is 63.6 Å². The van der Waals surface area contributed by atoms with Crippen molar-refractivity contribution in [2.45, 2.75) is 26.8 Å². The molecule has 3 heteroatoms. The second-order valence-corrected chi connectivity index (χ2v) is 5.08. The summed E-state index contributed by atoms with van der Waals surface area (Å²) in [6.07, 6.45) is 1.82. The van der Waals surface area contributed by atoms with Gasteiger partial charge in [0.15, 0.2) is 0 Å². The number of nitrogens with zero attached hydrogens (tertiary/aromatic N) is 1. The molecule has 1 N–H and O–H groups in total. The molecular formula is C16H20N2O. The first-order valence-corrected chi connectivity index (χ1v) is 6.48. The van der Waals surface area contributed by atoms with Crippen molar-refractivity contribution in [2.24, 2.45) is 7.05 Å². The molecule has 0 aliphatic heterocycles. The zero-order valence-corrected chi connectivity index (χ0v) is 11.9. The zero-order chi connectivity index (χ0) is 14.0. The number of hydrogen-bond acceptors (Lipinski definition) is 2. The van der Waals surface area contributed by atoms with Crippen molar-refractivity contribution in [3.8, 4) is 0 Å². The van der Waals surface area contributed by atoms with E-state index < -0.39 is 0 Å². The number of anilines is 1. The van der Waals surface area contributed by atoms with Crippen LogP contribution in [0.25, 0.3) is 0 Å². The lowest BCUT2D eigenvalue weighted by molar-refractivity contribution is 0.839. The van der Waals surface area contributed by atoms with Crippen LogP contribution in [0, 0.1) is 13.8 Å². The molecule has 0 fully saturated rings. The molecule has 1 heterocycles. The van der Waals surface area contributed by atoms with Gasteiger partial charge in [0.25, 0.3) is 0 Å². The molecular weight excluding hydrogens is 236 g/mol. The molecule has 19 heavy (non-hydrogen) atoms. The minimum absolute atomic E-state index is 0.00406. The van der Waals surface area contributed by atoms with E-state index in [0.717, 1.165) is 5.69 Å². The fraction of sp³-hybridized carbons (Fsp3) is 0.312. The molecule has 0 amide bonds. The fourth-order valence-electron chi connectivity index (χ4n) is 2.05. The maximum atomic E-state index is 11.3. The SMILES string of the molecule is Cc1ccc(C(C)Nc2ccc(=O)n(C)c2)cc1C. The molecule has 0 radical (unpaired) electrons. The van der Waals surface area contributed by atoms with Gasteiger partial charge in [-0.05, 0) is 43.5 Å². The minimum Gasteiger partial charge on any atom is -0.377 e. The molecule has 0 saturated heterocycles. The fourth-order valence-corrected chi connectivity index (χ4v) is 2.05. The summed E-state index contributed by atoms with van der Waals surface area (Å²) in [6.45, 7) is 6.36. The Labute approximate surface area is 113 Å². The van der Waals surface area contributed by atoms with Crippen LogP contribution < -0.4 is 10.9 Å². The summed E-state index contributed by atoms with van der Waals surface area (Å²) in [4.78, 5) is 11.3. The third kappa shape index (κ3) is 3.05. The quantitative estimate of drug-likeness (QED) is 0.915. The van der Waals surface area contributed by atoms with E-state index in [1.807, 2.05) is 12.3 Å². The number of aromatic nitrogens is 1. The first-order chi connectivity index (χ1) is 8.97. The molecule has 0 bridgehead atoms. The highest BCUT2D eigenvalue weighted by Gasteiger charge is 2.06. The largest absolute Gasteiger partial charge is 0.377 e. The van der Waals surface area contributed by atoms with Gasteiger partial charge in [-0.3, -0.25) is 4.79 Å². The monoisotopic (exact) mass is 256 g/mol. The van der Waals surface area contributed by atoms with Crippen LogP contribution in [0.3, 0.4) is 0 Å². The van der Waals surface area contributed by atoms with Gasteiger partial charge in [-0.25, -0.2) is 0 Å². The molecule has 1 aromatic heterocycles. The second kappa shape index (κ2) is 5.31. The number of pyridine rings is 1. The van der Waals surface area contributed by atoms with Crippen molar-refractivity contribution in [1.82, 2.24) is 4.57 Å². The van der Waals surface area contributed by atoms with Gasteiger partial charge in [0.05, 0.1) is 5.69 Å². The summed E-state index contributed by atoms with van der Waals surface area (Å²) in [7, 11) is 1.76. The van der Waals surface area contributed by atoms with E-state index in [2.05, 4.69) is 44.3 Å². The predicted octanol–water partition coefficient (Wildman–Crippen LogP) is 3.18. The van der Waals surface area contributed by atoms with Crippen molar-refractivity contribution in [1.29, 1.82) is 0 Å². The third-order valence-electron chi connectivity index (χ3n) is 3.50. The highest BCUT2D eigenvalue weighted by Crippen LogP contribution is 2.20. The molecule has 1 aromatic carbocycles. The van der Waals surface area contributed by atoms with E-state index in [0.29, 0.717) is 0 Å². The third-order valence-corrected chi connectivity index (χ3v) is 3.50. The Morgan fingerprint density at radius 1 is 1.11 bits per heavy atom. The highest BCUT2D eigenvalue weighted by molar-refractivity contribution is 5.44. The van der Waals surface area contributed by atoms with Gasteiger partial charge in [0, 0.05) is 25.4 Å². The van der Waals surface area contributed by atoms with Crippen LogP contribution in [0.4, 0.5) is 5.69 Å². The summed E-state index contributed by atoms with van der Waals surface area (Å²) in [5.41, 5.74) is 4.80. The summed E-state index contributed by atoms with van der Waals surface area (Å²) in [6, 6.07) is 10.1. The zero-order valence-electron chi connectivity index (χ0n) is 11.9. The van der Waals surface area contributed by atoms with Gasteiger partial charge in [-0.2, -0.15) is 0 Å². The summed E-state index contributed by atoms with van der Waals surface area (Å²) in [5.74, 6) is 0. The Hall–Kier alpha value is -2.03. The molecule has 3 nitrogen and oxygen atoms in total. The molecule has 0 saturated carbocycles. The van der Waals surface area contributed by atoms with Crippen LogP contribution in [-0.4, -0.2) is 4.57 Å². The molecule has 2 rings (SSSR count). The van der Waals surface area contributed by atoms with Crippen LogP contribution in [0.5, 0.6) is 0 Å². The van der Waals surface area contributed by atoms with Gasteiger partial charge in [-0.1, -0.05) is 18.2 Å². The Bertz CT molecular complexity index is 643. The normalized spacial score (nSPS) is 12.2. The van der Waals surface area contributed by atoms with Gasteiger partial charge in [0.1, 0.15) is 0 Å². The Morgan fingerprint density at radius 3 is 2.47 bits per heavy atom. The van der Waals surface area contributed by atoms with E-state index in [1.165, 1.54) is 16.7 Å². The first-order valence-electron chi connectivity index (χ1n) is 6.48. The minimum atomic E-state index is 0.00406. The van der Waals surface area contributed by atoms with E-state index in [1.54, 1.807) is 17.7 Å². The molecule has 1 unspecified atom stereocenters. The first kappa shape index (κ1) is 13.4. The lowest BCUT2D eigenvalue weighted by Crippen LogP contribution is -2.16. The number of aryl methyl sites for hydroxylation is 3. The van der Waals surface area contributed by atoms with Gasteiger partial charge < -0.3 is 9.88 Å². The summed E-state index contributed by atoms with van der Waals surface area (Å²) >= 11 is 0. The van der Waals surface area contributed by atoms with E-state index in [9.17, 15) is 4.79 Å². The standard InChI is InChI=1S/C16H20N2O/c1-11-5-6-14(9-12(11)2)13(3)17-15-7-8-16(19)18(4)10-15/h5-10,13,17H,1-4H3. The molecule has 1 atom stereocenters. The van der Waals surface area contributed by atoms with Crippen molar-refractivity contribution in [2.75, 3.05) is 5.32 Å². The van der Waals surface area contributed by atoms with Crippen molar-refractivity contribution >= 4 is 5.69 Å². The maximum Gasteiger partial charge on any atom is 0.250 e. The van der Waals surface area contributed by atoms with Crippen LogP contribution in [0.1, 0.15) is 29.7 Å². The summed E-state index contributed by atoms with van der Waals surface area (Å²) in [5, 5.41) is 3.41. The van der Waals surface area contributed by atoms with Crippen LogP contribution >= 0.6 is 0 Å². The van der Waals surface area contributed by atoms with Crippen LogP contribution in [-0.2, 0) is 7.05 Å². The average Bonchev–Trinajstić information content (AvgIpc) is 2.37. The van der Waals surface area contributed by atoms with Gasteiger partial charge >= 0.3 is 0 Å². The van der Waals surface area contributed by atoms with E-state index in [4.69, 9.17) is 0 Å². The van der Waals surface area contributed by atoms with Crippen LogP contribution in [0.15, 0.2) is 41.3 Å². The van der Waals surface area contributed by atoms with Crippen LogP contribution in [0.2, 0.25) is 0 Å². The smallest absolute Gasteiger partial charge is 0.250 e. The molecule has 2 aromatic rings. The Morgan fingerprint density at radius 2 is 1.84 bits per heavy atom. The van der Waals surface area contributed by atoms with Gasteiger partial charge in [-0.15, -0.1) is 0 Å². The molecule has 0 spiro atoms. The molecule has 0 aliphatic rings. The Balaban J connectivity index is 2.20. The number of rotatable bonds is 3. The number of benzene rings is 1. The highest BCUT2D eigenvalue weighted by atomic mass is 16.1. The Kier molecular flexibility index (Phi) is 3.74. The summed E-state index contributed by atoms with van der Waals surface area (Å²) < 4.78 is 1.58. The van der Waals surface area contributed by atoms with Crippen molar-refractivity contribution in [3.63, 3.8) is 0 Å². The van der Waals surface area contributed by atoms with E-state index >= 15 is 0 Å². The van der Waals surface area contributed by atoms with Crippen molar-refractivity contribution < 1.29 is 0 Å². The predicted molar refractivity (Wildman–Crippen MR) is 79.6 cm³/mol. The number of hydrogen-bond donors (Lipinski definition) is 1. The number of nitrogens with one attached hydrogen (secondary N) is 1. The molecule has 0 aliphatic carbocycles. The average molecular weight is 256 g/mol. The second-order valence-electron chi connectivity index (χ2n) is 5.08. The maximum absolute atomic E-state index is 11.3. The van der Waals surface area contributed by atoms with E-state index in [-0.39, 0.29) is 11.6 Å².